The molecule has 0 aliphatic carbocycles. The minimum absolute atomic E-state index is 0.186. The Bertz CT molecular complexity index is 1150. The number of nitrogens with zero attached hydrogens (tertiary/aromatic N) is 4. The van der Waals surface area contributed by atoms with E-state index in [1.807, 2.05) is 13.1 Å². The van der Waals surface area contributed by atoms with E-state index in [4.69, 9.17) is 0 Å². The lowest BCUT2D eigenvalue weighted by Gasteiger charge is -2.19. The smallest absolute Gasteiger partial charge is 0.258 e. The minimum Gasteiger partial charge on any atom is -0.352 e. The van der Waals surface area contributed by atoms with Gasteiger partial charge in [-0.1, -0.05) is 12.1 Å². The Morgan fingerprint density at radius 3 is 2.61 bits per heavy atom. The van der Waals surface area contributed by atoms with Crippen LogP contribution in [-0.4, -0.2) is 47.8 Å². The number of para-hydroxylation sites is 1. The minimum atomic E-state index is -3.48. The summed E-state index contributed by atoms with van der Waals surface area (Å²) in [6.07, 6.45) is 3.17. The molecule has 0 unspecified atom stereocenters. The SMILES string of the molecule is CN(Cc1nc2ccccc2c(=O)[nH]1)c1ccc(S(=O)(=O)N2CCCC2)cn1. The zero-order valence-electron chi connectivity index (χ0n) is 15.5. The number of fused-ring (bicyclic) bond motifs is 1. The molecule has 1 aliphatic heterocycles. The summed E-state index contributed by atoms with van der Waals surface area (Å²) in [5.41, 5.74) is 0.448. The zero-order chi connectivity index (χ0) is 19.7. The molecular formula is C19H21N5O3S. The molecular weight excluding hydrogens is 378 g/mol. The van der Waals surface area contributed by atoms with Gasteiger partial charge in [0.15, 0.2) is 0 Å². The third kappa shape index (κ3) is 3.50. The summed E-state index contributed by atoms with van der Waals surface area (Å²) in [5, 5.41) is 0.545. The average Bonchev–Trinajstić information content (AvgIpc) is 3.24. The van der Waals surface area contributed by atoms with Crippen molar-refractivity contribution in [1.29, 1.82) is 0 Å². The third-order valence-electron chi connectivity index (χ3n) is 4.86. The van der Waals surface area contributed by atoms with Gasteiger partial charge >= 0.3 is 0 Å². The molecule has 3 aromatic rings. The van der Waals surface area contributed by atoms with Gasteiger partial charge in [0, 0.05) is 26.3 Å². The van der Waals surface area contributed by atoms with Gasteiger partial charge in [-0.05, 0) is 37.1 Å². The highest BCUT2D eigenvalue weighted by Gasteiger charge is 2.27. The number of nitrogens with one attached hydrogen (secondary N) is 1. The summed E-state index contributed by atoms with van der Waals surface area (Å²) >= 11 is 0. The van der Waals surface area contributed by atoms with Crippen molar-refractivity contribution in [3.8, 4) is 0 Å². The lowest BCUT2D eigenvalue weighted by molar-refractivity contribution is 0.477. The molecule has 8 nitrogen and oxygen atoms in total. The van der Waals surface area contributed by atoms with Crippen molar-refractivity contribution in [1.82, 2.24) is 19.3 Å². The van der Waals surface area contributed by atoms with Crippen LogP contribution >= 0.6 is 0 Å². The molecule has 0 bridgehead atoms. The average molecular weight is 399 g/mol. The molecule has 1 aliphatic rings. The number of hydrogen-bond acceptors (Lipinski definition) is 6. The summed E-state index contributed by atoms with van der Waals surface area (Å²) in [5.74, 6) is 1.11. The van der Waals surface area contributed by atoms with Gasteiger partial charge in [-0.2, -0.15) is 4.31 Å². The highest BCUT2D eigenvalue weighted by molar-refractivity contribution is 7.89. The van der Waals surface area contributed by atoms with Gasteiger partial charge in [-0.25, -0.2) is 18.4 Å². The predicted molar refractivity (Wildman–Crippen MR) is 107 cm³/mol. The van der Waals surface area contributed by atoms with E-state index in [1.165, 1.54) is 10.5 Å². The summed E-state index contributed by atoms with van der Waals surface area (Å²) in [6, 6.07) is 10.4. The molecule has 1 N–H and O–H groups in total. The molecule has 2 aromatic heterocycles. The maximum Gasteiger partial charge on any atom is 0.258 e. The number of aromatic amines is 1. The van der Waals surface area contributed by atoms with Crippen LogP contribution in [0, 0.1) is 0 Å². The molecule has 0 spiro atoms. The van der Waals surface area contributed by atoms with Crippen LogP contribution in [-0.2, 0) is 16.6 Å². The topological polar surface area (TPSA) is 99.3 Å². The third-order valence-corrected chi connectivity index (χ3v) is 6.75. The van der Waals surface area contributed by atoms with E-state index in [1.54, 1.807) is 35.2 Å². The Morgan fingerprint density at radius 2 is 1.89 bits per heavy atom. The lowest BCUT2D eigenvalue weighted by Crippen LogP contribution is -2.28. The first-order chi connectivity index (χ1) is 13.4. The number of benzene rings is 1. The summed E-state index contributed by atoms with van der Waals surface area (Å²) < 4.78 is 26.7. The second kappa shape index (κ2) is 7.33. The Labute approximate surface area is 162 Å². The van der Waals surface area contributed by atoms with Gasteiger partial charge in [-0.15, -0.1) is 0 Å². The number of hydrogen-bond donors (Lipinski definition) is 1. The van der Waals surface area contributed by atoms with Gasteiger partial charge in [-0.3, -0.25) is 4.79 Å². The van der Waals surface area contributed by atoms with E-state index in [0.29, 0.717) is 42.2 Å². The van der Waals surface area contributed by atoms with Crippen molar-refractivity contribution in [3.05, 3.63) is 58.8 Å². The van der Waals surface area contributed by atoms with Crippen LogP contribution in [0.1, 0.15) is 18.7 Å². The molecule has 28 heavy (non-hydrogen) atoms. The van der Waals surface area contributed by atoms with Crippen LogP contribution in [0.25, 0.3) is 10.9 Å². The van der Waals surface area contributed by atoms with Gasteiger partial charge in [0.1, 0.15) is 16.5 Å². The Hall–Kier alpha value is -2.78. The highest BCUT2D eigenvalue weighted by atomic mass is 32.2. The number of anilines is 1. The highest BCUT2D eigenvalue weighted by Crippen LogP contribution is 2.22. The first kappa shape index (κ1) is 18.6. The largest absolute Gasteiger partial charge is 0.352 e. The second-order valence-electron chi connectivity index (χ2n) is 6.85. The second-order valence-corrected chi connectivity index (χ2v) is 8.79. The first-order valence-corrected chi connectivity index (χ1v) is 10.5. The standard InChI is InChI=1S/C19H21N5O3S/c1-23(13-17-21-16-7-3-2-6-15(16)19(25)22-17)18-9-8-14(12-20-18)28(26,27)24-10-4-5-11-24/h2-3,6-9,12H,4-5,10-11,13H2,1H3,(H,21,22,25). The fraction of sp³-hybridized carbons (Fsp3) is 0.316. The van der Waals surface area contributed by atoms with E-state index < -0.39 is 10.0 Å². The number of rotatable bonds is 5. The van der Waals surface area contributed by atoms with Crippen molar-refractivity contribution in [2.75, 3.05) is 25.0 Å². The molecule has 1 saturated heterocycles. The summed E-state index contributed by atoms with van der Waals surface area (Å²) in [6.45, 7) is 1.46. The maximum absolute atomic E-state index is 12.6. The van der Waals surface area contributed by atoms with E-state index >= 15 is 0 Å². The maximum atomic E-state index is 12.6. The van der Waals surface area contributed by atoms with Crippen molar-refractivity contribution >= 4 is 26.7 Å². The zero-order valence-corrected chi connectivity index (χ0v) is 16.3. The number of pyridine rings is 1. The van der Waals surface area contributed by atoms with Crippen molar-refractivity contribution in [2.45, 2.75) is 24.3 Å². The summed E-state index contributed by atoms with van der Waals surface area (Å²) in [4.78, 5) is 25.8. The molecule has 9 heteroatoms. The molecule has 0 amide bonds. The van der Waals surface area contributed by atoms with E-state index in [9.17, 15) is 13.2 Å². The van der Waals surface area contributed by atoms with Crippen LogP contribution in [0.15, 0.2) is 52.3 Å². The van der Waals surface area contributed by atoms with Crippen LogP contribution in [0.5, 0.6) is 0 Å². The van der Waals surface area contributed by atoms with E-state index in [-0.39, 0.29) is 10.5 Å². The monoisotopic (exact) mass is 399 g/mol. The van der Waals surface area contributed by atoms with Crippen molar-refractivity contribution < 1.29 is 8.42 Å². The van der Waals surface area contributed by atoms with Gasteiger partial charge in [0.05, 0.1) is 17.4 Å². The van der Waals surface area contributed by atoms with Gasteiger partial charge < -0.3 is 9.88 Å². The number of sulfonamides is 1. The Balaban J connectivity index is 1.54. The van der Waals surface area contributed by atoms with Crippen LogP contribution < -0.4 is 10.5 Å². The van der Waals surface area contributed by atoms with Crippen molar-refractivity contribution in [3.63, 3.8) is 0 Å². The molecule has 0 atom stereocenters. The number of aromatic nitrogens is 3. The van der Waals surface area contributed by atoms with Crippen LogP contribution in [0.3, 0.4) is 0 Å². The quantitative estimate of drug-likeness (QED) is 0.702. The Kier molecular flexibility index (Phi) is 4.86. The summed E-state index contributed by atoms with van der Waals surface area (Å²) in [7, 11) is -1.67. The molecule has 3 heterocycles. The molecule has 0 saturated carbocycles. The van der Waals surface area contributed by atoms with Gasteiger partial charge in [0.2, 0.25) is 10.0 Å². The lowest BCUT2D eigenvalue weighted by atomic mass is 10.2. The molecule has 1 fully saturated rings. The molecule has 146 valence electrons. The van der Waals surface area contributed by atoms with Crippen molar-refractivity contribution in [2.24, 2.45) is 0 Å². The molecule has 0 radical (unpaired) electrons. The fourth-order valence-electron chi connectivity index (χ4n) is 3.34. The van der Waals surface area contributed by atoms with Crippen LogP contribution in [0.4, 0.5) is 5.82 Å². The fourth-order valence-corrected chi connectivity index (χ4v) is 4.81. The Morgan fingerprint density at radius 1 is 1.14 bits per heavy atom. The normalized spacial score (nSPS) is 15.2. The first-order valence-electron chi connectivity index (χ1n) is 9.10. The predicted octanol–water partition coefficient (Wildman–Crippen LogP) is 1.74. The van der Waals surface area contributed by atoms with Crippen LogP contribution in [0.2, 0.25) is 0 Å². The van der Waals surface area contributed by atoms with Gasteiger partial charge in [0.25, 0.3) is 5.56 Å². The van der Waals surface area contributed by atoms with E-state index in [0.717, 1.165) is 12.8 Å². The molecule has 1 aromatic carbocycles. The molecule has 4 rings (SSSR count). The van der Waals surface area contributed by atoms with E-state index in [2.05, 4.69) is 15.0 Å². The number of H-pyrrole nitrogens is 1.